The van der Waals surface area contributed by atoms with Gasteiger partial charge in [0, 0.05) is 24.7 Å². The van der Waals surface area contributed by atoms with Gasteiger partial charge in [0.1, 0.15) is 5.82 Å². The Bertz CT molecular complexity index is 467. The lowest BCUT2D eigenvalue weighted by Crippen LogP contribution is -2.24. The number of rotatable bonds is 5. The Hall–Kier alpha value is -1.53. The minimum Gasteiger partial charge on any atom is -0.319 e. The summed E-state index contributed by atoms with van der Waals surface area (Å²) in [6, 6.07) is 3.87. The van der Waals surface area contributed by atoms with Crippen molar-refractivity contribution in [2.45, 2.75) is 13.0 Å². The lowest BCUT2D eigenvalue weighted by molar-refractivity contribution is -0.385. The van der Waals surface area contributed by atoms with Crippen LogP contribution < -0.4 is 5.32 Å². The van der Waals surface area contributed by atoms with Gasteiger partial charge in [-0.2, -0.15) is 0 Å². The van der Waals surface area contributed by atoms with Crippen LogP contribution in [0.25, 0.3) is 0 Å². The summed E-state index contributed by atoms with van der Waals surface area (Å²) in [7, 11) is 1.93. The third kappa shape index (κ3) is 3.48. The molecule has 0 bridgehead atoms. The summed E-state index contributed by atoms with van der Waals surface area (Å²) >= 11 is 0. The molecule has 1 aliphatic rings. The van der Waals surface area contributed by atoms with Crippen molar-refractivity contribution in [1.82, 2.24) is 10.2 Å². The van der Waals surface area contributed by atoms with Crippen LogP contribution in [0, 0.1) is 21.8 Å². The number of nitrogens with one attached hydrogen (secondary N) is 1. The largest absolute Gasteiger partial charge is 0.319 e. The van der Waals surface area contributed by atoms with E-state index in [9.17, 15) is 14.5 Å². The maximum Gasteiger partial charge on any atom is 0.272 e. The van der Waals surface area contributed by atoms with E-state index in [1.807, 2.05) is 7.05 Å². The number of hydrogen-bond acceptors (Lipinski definition) is 4. The molecule has 0 saturated carbocycles. The maximum atomic E-state index is 13.8. The van der Waals surface area contributed by atoms with Crippen LogP contribution in [-0.2, 0) is 6.54 Å². The highest BCUT2D eigenvalue weighted by molar-refractivity contribution is 5.34. The number of nitro groups is 1. The van der Waals surface area contributed by atoms with Crippen molar-refractivity contribution in [2.75, 3.05) is 26.7 Å². The summed E-state index contributed by atoms with van der Waals surface area (Å²) in [6.45, 7) is 3.38. The number of non-ortho nitro benzene ring substituents is 1. The van der Waals surface area contributed by atoms with Crippen molar-refractivity contribution in [1.29, 1.82) is 0 Å². The molecule has 1 aliphatic heterocycles. The zero-order chi connectivity index (χ0) is 13.8. The molecule has 1 atom stereocenters. The van der Waals surface area contributed by atoms with Crippen LogP contribution in [0.3, 0.4) is 0 Å². The Kier molecular flexibility index (Phi) is 4.44. The third-order valence-corrected chi connectivity index (χ3v) is 3.50. The van der Waals surface area contributed by atoms with Crippen LogP contribution in [0.4, 0.5) is 10.1 Å². The Balaban J connectivity index is 1.98. The predicted octanol–water partition coefficient (Wildman–Crippen LogP) is 1.78. The van der Waals surface area contributed by atoms with Gasteiger partial charge in [0.15, 0.2) is 0 Å². The highest BCUT2D eigenvalue weighted by Gasteiger charge is 2.23. The van der Waals surface area contributed by atoms with Crippen molar-refractivity contribution in [3.8, 4) is 0 Å². The molecular formula is C13H18FN3O2. The molecule has 6 heteroatoms. The molecule has 1 heterocycles. The van der Waals surface area contributed by atoms with Crippen LogP contribution in [0.15, 0.2) is 18.2 Å². The molecule has 104 valence electrons. The SMILES string of the molecule is CNCC1CCN(Cc2ccc([N+](=O)[O-])cc2F)C1. The van der Waals surface area contributed by atoms with Gasteiger partial charge in [-0.25, -0.2) is 4.39 Å². The van der Waals surface area contributed by atoms with Gasteiger partial charge in [0.05, 0.1) is 11.0 Å². The first kappa shape index (κ1) is 13.9. The number of halogens is 1. The molecule has 1 aromatic carbocycles. The van der Waals surface area contributed by atoms with Crippen molar-refractivity contribution in [3.05, 3.63) is 39.7 Å². The average Bonchev–Trinajstić information content (AvgIpc) is 2.79. The van der Waals surface area contributed by atoms with Crippen molar-refractivity contribution >= 4 is 5.69 Å². The Morgan fingerprint density at radius 1 is 1.58 bits per heavy atom. The highest BCUT2D eigenvalue weighted by Crippen LogP contribution is 2.21. The topological polar surface area (TPSA) is 58.4 Å². The van der Waals surface area contributed by atoms with E-state index in [1.54, 1.807) is 0 Å². The predicted molar refractivity (Wildman–Crippen MR) is 70.4 cm³/mol. The van der Waals surface area contributed by atoms with Crippen molar-refractivity contribution < 1.29 is 9.31 Å². The number of nitro benzene ring substituents is 1. The molecule has 2 rings (SSSR count). The lowest BCUT2D eigenvalue weighted by atomic mass is 10.1. The molecular weight excluding hydrogens is 249 g/mol. The zero-order valence-electron chi connectivity index (χ0n) is 10.9. The van der Waals surface area contributed by atoms with E-state index in [4.69, 9.17) is 0 Å². The molecule has 0 radical (unpaired) electrons. The molecule has 19 heavy (non-hydrogen) atoms. The fourth-order valence-electron chi connectivity index (χ4n) is 2.53. The van der Waals surface area contributed by atoms with Gasteiger partial charge in [-0.3, -0.25) is 15.0 Å². The van der Waals surface area contributed by atoms with E-state index in [-0.39, 0.29) is 5.69 Å². The third-order valence-electron chi connectivity index (χ3n) is 3.50. The van der Waals surface area contributed by atoms with E-state index in [0.29, 0.717) is 18.0 Å². The van der Waals surface area contributed by atoms with Crippen LogP contribution in [0.2, 0.25) is 0 Å². The number of nitrogens with zero attached hydrogens (tertiary/aromatic N) is 2. The van der Waals surface area contributed by atoms with Crippen LogP contribution >= 0.6 is 0 Å². The van der Waals surface area contributed by atoms with E-state index in [1.165, 1.54) is 12.1 Å². The first-order valence-corrected chi connectivity index (χ1v) is 6.40. The molecule has 0 aromatic heterocycles. The maximum absolute atomic E-state index is 13.8. The Labute approximate surface area is 111 Å². The summed E-state index contributed by atoms with van der Waals surface area (Å²) in [5.41, 5.74) is 0.325. The monoisotopic (exact) mass is 267 g/mol. The van der Waals surface area contributed by atoms with Gasteiger partial charge in [-0.05, 0) is 38.5 Å². The molecule has 0 spiro atoms. The molecule has 1 unspecified atom stereocenters. The molecule has 1 aromatic rings. The smallest absolute Gasteiger partial charge is 0.272 e. The minimum absolute atomic E-state index is 0.198. The quantitative estimate of drug-likeness (QED) is 0.652. The lowest BCUT2D eigenvalue weighted by Gasteiger charge is -2.16. The Morgan fingerprint density at radius 2 is 2.37 bits per heavy atom. The van der Waals surface area contributed by atoms with Gasteiger partial charge in [0.2, 0.25) is 0 Å². The van der Waals surface area contributed by atoms with E-state index < -0.39 is 10.7 Å². The number of likely N-dealkylation sites (tertiary alicyclic amines) is 1. The molecule has 1 saturated heterocycles. The first-order valence-electron chi connectivity index (χ1n) is 6.40. The normalized spacial score (nSPS) is 19.8. The molecule has 0 aliphatic carbocycles. The second-order valence-electron chi connectivity index (χ2n) is 4.98. The van der Waals surface area contributed by atoms with Crippen LogP contribution in [0.1, 0.15) is 12.0 Å². The number of hydrogen-bond donors (Lipinski definition) is 1. The zero-order valence-corrected chi connectivity index (χ0v) is 10.9. The fourth-order valence-corrected chi connectivity index (χ4v) is 2.53. The van der Waals surface area contributed by atoms with Gasteiger partial charge in [-0.15, -0.1) is 0 Å². The molecule has 1 N–H and O–H groups in total. The molecule has 5 nitrogen and oxygen atoms in total. The fraction of sp³-hybridized carbons (Fsp3) is 0.538. The second kappa shape index (κ2) is 6.08. The minimum atomic E-state index is -0.578. The Morgan fingerprint density at radius 3 is 3.00 bits per heavy atom. The summed E-state index contributed by atoms with van der Waals surface area (Å²) in [4.78, 5) is 12.2. The van der Waals surface area contributed by atoms with E-state index in [0.717, 1.165) is 32.1 Å². The van der Waals surface area contributed by atoms with Gasteiger partial charge < -0.3 is 5.32 Å². The molecule has 0 amide bonds. The standard InChI is InChI=1S/C13H18FN3O2/c1-15-7-10-4-5-16(8-10)9-11-2-3-12(17(18)19)6-13(11)14/h2-3,6,10,15H,4-5,7-9H2,1H3. The van der Waals surface area contributed by atoms with E-state index >= 15 is 0 Å². The van der Waals surface area contributed by atoms with Crippen LogP contribution in [0.5, 0.6) is 0 Å². The summed E-state index contributed by atoms with van der Waals surface area (Å²) < 4.78 is 13.8. The van der Waals surface area contributed by atoms with Crippen molar-refractivity contribution in [3.63, 3.8) is 0 Å². The van der Waals surface area contributed by atoms with E-state index in [2.05, 4.69) is 10.2 Å². The molecule has 1 fully saturated rings. The average molecular weight is 267 g/mol. The van der Waals surface area contributed by atoms with Gasteiger partial charge in [-0.1, -0.05) is 0 Å². The van der Waals surface area contributed by atoms with Crippen LogP contribution in [-0.4, -0.2) is 36.5 Å². The van der Waals surface area contributed by atoms with Gasteiger partial charge >= 0.3 is 0 Å². The number of benzene rings is 1. The summed E-state index contributed by atoms with van der Waals surface area (Å²) in [6.07, 6.45) is 1.11. The van der Waals surface area contributed by atoms with Gasteiger partial charge in [0.25, 0.3) is 5.69 Å². The van der Waals surface area contributed by atoms with Crippen molar-refractivity contribution in [2.24, 2.45) is 5.92 Å². The summed E-state index contributed by atoms with van der Waals surface area (Å²) in [5.74, 6) is 0.109. The highest BCUT2D eigenvalue weighted by atomic mass is 19.1. The second-order valence-corrected chi connectivity index (χ2v) is 4.98. The summed E-state index contributed by atoms with van der Waals surface area (Å²) in [5, 5.41) is 13.7. The first-order chi connectivity index (χ1) is 9.10.